The van der Waals surface area contributed by atoms with Crippen molar-refractivity contribution >= 4 is 22.0 Å². The third-order valence-corrected chi connectivity index (χ3v) is 5.69. The van der Waals surface area contributed by atoms with Crippen molar-refractivity contribution < 1.29 is 13.9 Å². The molecule has 3 nitrogen and oxygen atoms in total. The number of ether oxygens (including phenoxy) is 1. The van der Waals surface area contributed by atoms with E-state index < -0.39 is 5.60 Å². The molecule has 2 unspecified atom stereocenters. The molecule has 2 fully saturated rings. The number of hydrogen-bond donors (Lipinski definition) is 0. The van der Waals surface area contributed by atoms with Gasteiger partial charge in [-0.05, 0) is 62.8 Å². The van der Waals surface area contributed by atoms with Gasteiger partial charge < -0.3 is 9.64 Å². The molecular formula is C18H23BrFNO2. The standard InChI is InChI=1S/C18H23BrFNO2/c1-5-18(12-8-11(19)6-7-15(12)20)13-9-21(10-14(13)18)16(22)23-17(2,3)4/h6-8,13-14H,5,9-10H2,1-4H3. The Balaban J connectivity index is 1.77. The first kappa shape index (κ1) is 16.7. The number of piperidine rings is 1. The van der Waals surface area contributed by atoms with E-state index in [0.29, 0.717) is 24.9 Å². The highest BCUT2D eigenvalue weighted by molar-refractivity contribution is 9.10. The normalized spacial score (nSPS) is 29.4. The number of amides is 1. The Morgan fingerprint density at radius 3 is 2.52 bits per heavy atom. The third kappa shape index (κ3) is 2.77. The highest BCUT2D eigenvalue weighted by atomic mass is 79.9. The molecule has 1 aromatic carbocycles. The van der Waals surface area contributed by atoms with Gasteiger partial charge in [0.05, 0.1) is 0 Å². The van der Waals surface area contributed by atoms with Crippen LogP contribution in [-0.4, -0.2) is 29.7 Å². The van der Waals surface area contributed by atoms with Crippen LogP contribution in [0.1, 0.15) is 39.7 Å². The molecule has 23 heavy (non-hydrogen) atoms. The lowest BCUT2D eigenvalue weighted by molar-refractivity contribution is 0.0260. The fraction of sp³-hybridized carbons (Fsp3) is 0.611. The maximum absolute atomic E-state index is 14.4. The average Bonchev–Trinajstić information content (AvgIpc) is 2.83. The van der Waals surface area contributed by atoms with Crippen LogP contribution >= 0.6 is 15.9 Å². The van der Waals surface area contributed by atoms with Crippen molar-refractivity contribution in [2.75, 3.05) is 13.1 Å². The number of nitrogens with zero attached hydrogens (tertiary/aromatic N) is 1. The molecule has 1 aromatic rings. The Labute approximate surface area is 145 Å². The maximum atomic E-state index is 14.4. The van der Waals surface area contributed by atoms with Gasteiger partial charge in [-0.2, -0.15) is 0 Å². The van der Waals surface area contributed by atoms with Crippen molar-refractivity contribution in [1.82, 2.24) is 4.90 Å². The van der Waals surface area contributed by atoms with Crippen molar-refractivity contribution in [1.29, 1.82) is 0 Å². The van der Waals surface area contributed by atoms with Crippen LogP contribution in [0.2, 0.25) is 0 Å². The monoisotopic (exact) mass is 383 g/mol. The van der Waals surface area contributed by atoms with Crippen molar-refractivity contribution in [2.24, 2.45) is 11.8 Å². The lowest BCUT2D eigenvalue weighted by Gasteiger charge is -2.29. The van der Waals surface area contributed by atoms with Gasteiger partial charge in [0, 0.05) is 23.0 Å². The van der Waals surface area contributed by atoms with E-state index in [9.17, 15) is 9.18 Å². The SMILES string of the molecule is CCC1(c2cc(Br)ccc2F)C2CN(C(=O)OC(C)(C)C)CC21. The number of halogens is 2. The molecule has 2 atom stereocenters. The van der Waals surface area contributed by atoms with Gasteiger partial charge in [-0.1, -0.05) is 22.9 Å². The van der Waals surface area contributed by atoms with Crippen LogP contribution in [0.4, 0.5) is 9.18 Å². The molecular weight excluding hydrogens is 361 g/mol. The Hall–Kier alpha value is -1.10. The van der Waals surface area contributed by atoms with Crippen LogP contribution in [0, 0.1) is 17.7 Å². The first-order chi connectivity index (χ1) is 10.7. The Morgan fingerprint density at radius 1 is 1.39 bits per heavy atom. The summed E-state index contributed by atoms with van der Waals surface area (Å²) in [6.45, 7) is 9.02. The number of fused-ring (bicyclic) bond motifs is 1. The average molecular weight is 384 g/mol. The van der Waals surface area contributed by atoms with Crippen LogP contribution in [0.3, 0.4) is 0 Å². The van der Waals surface area contributed by atoms with E-state index in [1.54, 1.807) is 11.0 Å². The van der Waals surface area contributed by atoms with E-state index in [1.807, 2.05) is 26.8 Å². The second-order valence-corrected chi connectivity index (χ2v) is 8.53. The molecule has 3 rings (SSSR count). The zero-order chi connectivity index (χ0) is 17.0. The Kier molecular flexibility index (Phi) is 3.98. The van der Waals surface area contributed by atoms with Crippen molar-refractivity contribution in [3.05, 3.63) is 34.1 Å². The fourth-order valence-electron chi connectivity index (χ4n) is 4.18. The Morgan fingerprint density at radius 2 is 2.00 bits per heavy atom. The number of hydrogen-bond acceptors (Lipinski definition) is 2. The number of likely N-dealkylation sites (tertiary alicyclic amines) is 1. The lowest BCUT2D eigenvalue weighted by atomic mass is 9.87. The van der Waals surface area contributed by atoms with Crippen LogP contribution in [0.15, 0.2) is 22.7 Å². The molecule has 0 spiro atoms. The molecule has 126 valence electrons. The maximum Gasteiger partial charge on any atom is 0.410 e. The van der Waals surface area contributed by atoms with Gasteiger partial charge in [0.2, 0.25) is 0 Å². The molecule has 1 heterocycles. The number of carbonyl (C=O) groups is 1. The van der Waals surface area contributed by atoms with Crippen LogP contribution < -0.4 is 0 Å². The van der Waals surface area contributed by atoms with Crippen LogP contribution in [0.5, 0.6) is 0 Å². The minimum absolute atomic E-state index is 0.133. The molecule has 0 bridgehead atoms. The molecule has 1 amide bonds. The van der Waals surface area contributed by atoms with E-state index >= 15 is 0 Å². The van der Waals surface area contributed by atoms with E-state index in [1.165, 1.54) is 6.07 Å². The smallest absolute Gasteiger partial charge is 0.410 e. The first-order valence-electron chi connectivity index (χ1n) is 8.12. The molecule has 0 aromatic heterocycles. The van der Waals surface area contributed by atoms with Gasteiger partial charge in [0.1, 0.15) is 11.4 Å². The molecule has 2 aliphatic rings. The first-order valence-corrected chi connectivity index (χ1v) is 8.92. The predicted octanol–water partition coefficient (Wildman–Crippen LogP) is 4.73. The number of carbonyl (C=O) groups excluding carboxylic acids is 1. The van der Waals surface area contributed by atoms with Crippen LogP contribution in [0.25, 0.3) is 0 Å². The van der Waals surface area contributed by atoms with E-state index in [0.717, 1.165) is 16.5 Å². The molecule has 0 N–H and O–H groups in total. The van der Waals surface area contributed by atoms with Gasteiger partial charge in [0.15, 0.2) is 0 Å². The molecule has 0 radical (unpaired) electrons. The molecule has 1 saturated carbocycles. The summed E-state index contributed by atoms with van der Waals surface area (Å²) in [6, 6.07) is 5.15. The summed E-state index contributed by atoms with van der Waals surface area (Å²) in [4.78, 5) is 14.0. The van der Waals surface area contributed by atoms with Gasteiger partial charge in [-0.15, -0.1) is 0 Å². The molecule has 1 aliphatic heterocycles. The number of benzene rings is 1. The second-order valence-electron chi connectivity index (χ2n) is 7.62. The van der Waals surface area contributed by atoms with Crippen molar-refractivity contribution in [3.63, 3.8) is 0 Å². The highest BCUT2D eigenvalue weighted by Crippen LogP contribution is 2.66. The van der Waals surface area contributed by atoms with Crippen molar-refractivity contribution in [3.8, 4) is 0 Å². The lowest BCUT2D eigenvalue weighted by Crippen LogP contribution is -2.39. The number of rotatable bonds is 2. The molecule has 5 heteroatoms. The third-order valence-electron chi connectivity index (χ3n) is 5.20. The van der Waals surface area contributed by atoms with Crippen LogP contribution in [-0.2, 0) is 10.2 Å². The van der Waals surface area contributed by atoms with Gasteiger partial charge >= 0.3 is 6.09 Å². The fourth-order valence-corrected chi connectivity index (χ4v) is 4.54. The summed E-state index contributed by atoms with van der Waals surface area (Å²) in [5.74, 6) is 0.501. The Bertz CT molecular complexity index is 628. The minimum atomic E-state index is -0.484. The van der Waals surface area contributed by atoms with E-state index in [4.69, 9.17) is 4.74 Å². The largest absolute Gasteiger partial charge is 0.444 e. The minimum Gasteiger partial charge on any atom is -0.444 e. The highest BCUT2D eigenvalue weighted by Gasteiger charge is 2.69. The topological polar surface area (TPSA) is 29.5 Å². The summed E-state index contributed by atoms with van der Waals surface area (Å²) >= 11 is 3.44. The zero-order valence-electron chi connectivity index (χ0n) is 14.0. The second kappa shape index (κ2) is 5.47. The van der Waals surface area contributed by atoms with E-state index in [-0.39, 0.29) is 17.3 Å². The van der Waals surface area contributed by atoms with Gasteiger partial charge in [0.25, 0.3) is 0 Å². The van der Waals surface area contributed by atoms with Crippen molar-refractivity contribution in [2.45, 2.75) is 45.1 Å². The molecule has 1 saturated heterocycles. The molecule has 1 aliphatic carbocycles. The summed E-state index contributed by atoms with van der Waals surface area (Å²) in [7, 11) is 0. The van der Waals surface area contributed by atoms with E-state index in [2.05, 4.69) is 22.9 Å². The quantitative estimate of drug-likeness (QED) is 0.738. The summed E-state index contributed by atoms with van der Waals surface area (Å²) in [5.41, 5.74) is 0.169. The summed E-state index contributed by atoms with van der Waals surface area (Å²) in [6.07, 6.45) is 0.627. The zero-order valence-corrected chi connectivity index (χ0v) is 15.6. The summed E-state index contributed by atoms with van der Waals surface area (Å²) < 4.78 is 20.7. The summed E-state index contributed by atoms with van der Waals surface area (Å²) in [5, 5.41) is 0. The van der Waals surface area contributed by atoms with Gasteiger partial charge in [-0.3, -0.25) is 0 Å². The predicted molar refractivity (Wildman–Crippen MR) is 90.9 cm³/mol. The van der Waals surface area contributed by atoms with Gasteiger partial charge in [-0.25, -0.2) is 9.18 Å².